The molecule has 14 heavy (non-hydrogen) atoms. The van der Waals surface area contributed by atoms with Crippen LogP contribution in [0.2, 0.25) is 0 Å². The van der Waals surface area contributed by atoms with Crippen molar-refractivity contribution < 1.29 is 4.92 Å². The van der Waals surface area contributed by atoms with Crippen LogP contribution in [0.25, 0.3) is 0 Å². The van der Waals surface area contributed by atoms with Gasteiger partial charge in [0.05, 0.1) is 11.5 Å². The summed E-state index contributed by atoms with van der Waals surface area (Å²) in [7, 11) is 1.60. The van der Waals surface area contributed by atoms with Gasteiger partial charge in [0.1, 0.15) is 6.20 Å². The molecule has 0 aliphatic heterocycles. The topological polar surface area (TPSA) is 73.0 Å². The summed E-state index contributed by atoms with van der Waals surface area (Å²) in [5.74, 6) is 0.194. The Kier molecular flexibility index (Phi) is 3.08. The van der Waals surface area contributed by atoms with E-state index in [0.717, 1.165) is 0 Å². The zero-order chi connectivity index (χ0) is 10.7. The maximum atomic E-state index is 10.5. The monoisotopic (exact) mass is 216 g/mol. The summed E-state index contributed by atoms with van der Waals surface area (Å²) in [6.45, 7) is 3.70. The lowest BCUT2D eigenvalue weighted by Gasteiger charge is -1.99. The first-order valence-electron chi connectivity index (χ1n) is 3.76. The summed E-state index contributed by atoms with van der Waals surface area (Å²) < 4.78 is 1.36. The van der Waals surface area contributed by atoms with E-state index in [1.807, 2.05) is 0 Å². The molecule has 6 nitrogen and oxygen atoms in total. The number of rotatable bonds is 4. The van der Waals surface area contributed by atoms with Gasteiger partial charge in [-0.05, 0) is 0 Å². The molecule has 0 radical (unpaired) electrons. The fraction of sp³-hybridized carbons (Fsp3) is 0.286. The number of halogens is 1. The predicted octanol–water partition coefficient (Wildman–Crippen LogP) is 1.49. The molecule has 1 rings (SSSR count). The van der Waals surface area contributed by atoms with Crippen molar-refractivity contribution in [1.82, 2.24) is 9.78 Å². The first kappa shape index (κ1) is 10.5. The van der Waals surface area contributed by atoms with E-state index in [0.29, 0.717) is 5.03 Å². The van der Waals surface area contributed by atoms with Crippen molar-refractivity contribution >= 4 is 23.1 Å². The van der Waals surface area contributed by atoms with Crippen molar-refractivity contribution in [3.05, 3.63) is 27.9 Å². The number of nitrogens with one attached hydrogen (secondary N) is 1. The second-order valence-electron chi connectivity index (χ2n) is 2.66. The number of nitrogens with zero attached hydrogens (tertiary/aromatic N) is 3. The second-order valence-corrected chi connectivity index (χ2v) is 3.20. The summed E-state index contributed by atoms with van der Waals surface area (Å²) in [6, 6.07) is 0. The highest BCUT2D eigenvalue weighted by molar-refractivity contribution is 6.29. The van der Waals surface area contributed by atoms with E-state index in [-0.39, 0.29) is 18.1 Å². The zero-order valence-corrected chi connectivity index (χ0v) is 8.28. The molecule has 1 aromatic heterocycles. The van der Waals surface area contributed by atoms with Gasteiger partial charge in [-0.1, -0.05) is 18.2 Å². The van der Waals surface area contributed by atoms with Crippen LogP contribution in [0.4, 0.5) is 11.5 Å². The lowest BCUT2D eigenvalue weighted by molar-refractivity contribution is -0.384. The fourth-order valence-electron chi connectivity index (χ4n) is 0.915. The highest BCUT2D eigenvalue weighted by atomic mass is 35.5. The molecular formula is C7H9ClN4O2. The van der Waals surface area contributed by atoms with Gasteiger partial charge in [0.25, 0.3) is 0 Å². The molecule has 0 saturated heterocycles. The number of aryl methyl sites for hydroxylation is 1. The van der Waals surface area contributed by atoms with Gasteiger partial charge in [0.2, 0.25) is 5.82 Å². The van der Waals surface area contributed by atoms with Gasteiger partial charge in [-0.2, -0.15) is 0 Å². The molecule has 7 heteroatoms. The molecule has 0 bridgehead atoms. The van der Waals surface area contributed by atoms with Crippen LogP contribution in [0.3, 0.4) is 0 Å². The molecule has 76 valence electrons. The normalized spacial score (nSPS) is 9.86. The third kappa shape index (κ3) is 2.46. The Hall–Kier alpha value is -1.56. The Morgan fingerprint density at radius 1 is 1.93 bits per heavy atom. The first-order valence-corrected chi connectivity index (χ1v) is 4.13. The van der Waals surface area contributed by atoms with E-state index in [1.54, 1.807) is 7.05 Å². The van der Waals surface area contributed by atoms with Gasteiger partial charge >= 0.3 is 5.69 Å². The maximum absolute atomic E-state index is 10.5. The maximum Gasteiger partial charge on any atom is 0.330 e. The van der Waals surface area contributed by atoms with Gasteiger partial charge in [-0.25, -0.2) is 0 Å². The minimum absolute atomic E-state index is 0.0783. The number of hydrogen-bond donors (Lipinski definition) is 1. The molecule has 0 unspecified atom stereocenters. The number of anilines is 1. The molecule has 1 aromatic rings. The first-order chi connectivity index (χ1) is 6.50. The van der Waals surface area contributed by atoms with E-state index in [2.05, 4.69) is 17.0 Å². The minimum Gasteiger partial charge on any atom is -0.358 e. The Labute approximate surface area is 85.3 Å². The standard InChI is InChI=1S/C7H9ClN4O2/c1-5(8)3-9-7-6(12(13)14)4-11(2)10-7/h4H,1,3H2,2H3,(H,9,10). The van der Waals surface area contributed by atoms with Crippen LogP contribution in [0.15, 0.2) is 17.8 Å². The molecule has 0 saturated carbocycles. The van der Waals surface area contributed by atoms with Gasteiger partial charge in [0.15, 0.2) is 0 Å². The largest absolute Gasteiger partial charge is 0.358 e. The summed E-state index contributed by atoms with van der Waals surface area (Å²) in [6.07, 6.45) is 1.32. The van der Waals surface area contributed by atoms with Crippen LogP contribution >= 0.6 is 11.6 Å². The van der Waals surface area contributed by atoms with Crippen LogP contribution in [0, 0.1) is 10.1 Å². The van der Waals surface area contributed by atoms with E-state index in [9.17, 15) is 10.1 Å². The van der Waals surface area contributed by atoms with E-state index in [4.69, 9.17) is 11.6 Å². The van der Waals surface area contributed by atoms with E-state index in [1.165, 1.54) is 10.9 Å². The van der Waals surface area contributed by atoms with Gasteiger partial charge in [0, 0.05) is 12.1 Å². The van der Waals surface area contributed by atoms with E-state index < -0.39 is 4.92 Å². The molecule has 1 N–H and O–H groups in total. The summed E-state index contributed by atoms with van der Waals surface area (Å²) in [5, 5.41) is 17.5. The van der Waals surface area contributed by atoms with Crippen molar-refractivity contribution in [2.24, 2.45) is 7.05 Å². The van der Waals surface area contributed by atoms with Gasteiger partial charge in [-0.3, -0.25) is 14.8 Å². The third-order valence-corrected chi connectivity index (χ3v) is 1.59. The van der Waals surface area contributed by atoms with Crippen LogP contribution < -0.4 is 5.32 Å². The number of aromatic nitrogens is 2. The molecule has 0 aromatic carbocycles. The average Bonchev–Trinajstić information content (AvgIpc) is 2.43. The smallest absolute Gasteiger partial charge is 0.330 e. The van der Waals surface area contributed by atoms with Crippen LogP contribution in [-0.2, 0) is 7.05 Å². The Morgan fingerprint density at radius 2 is 2.57 bits per heavy atom. The van der Waals surface area contributed by atoms with Crippen molar-refractivity contribution in [3.63, 3.8) is 0 Å². The Balaban J connectivity index is 2.84. The third-order valence-electron chi connectivity index (χ3n) is 1.45. The highest BCUT2D eigenvalue weighted by Gasteiger charge is 2.17. The second kappa shape index (κ2) is 4.10. The van der Waals surface area contributed by atoms with Crippen LogP contribution in [-0.4, -0.2) is 21.2 Å². The SMILES string of the molecule is C=C(Cl)CNc1nn(C)cc1[N+](=O)[O-]. The van der Waals surface area contributed by atoms with Crippen molar-refractivity contribution in [1.29, 1.82) is 0 Å². The minimum atomic E-state index is -0.508. The molecule has 0 spiro atoms. The molecule has 0 amide bonds. The molecule has 0 atom stereocenters. The van der Waals surface area contributed by atoms with Crippen molar-refractivity contribution in [2.75, 3.05) is 11.9 Å². The van der Waals surface area contributed by atoms with Gasteiger partial charge < -0.3 is 5.32 Å². The lowest BCUT2D eigenvalue weighted by Crippen LogP contribution is -2.03. The van der Waals surface area contributed by atoms with Gasteiger partial charge in [-0.15, -0.1) is 5.10 Å². The van der Waals surface area contributed by atoms with Crippen LogP contribution in [0.5, 0.6) is 0 Å². The summed E-state index contributed by atoms with van der Waals surface area (Å²) in [5.41, 5.74) is -0.0783. The number of nitro groups is 1. The zero-order valence-electron chi connectivity index (χ0n) is 7.53. The quantitative estimate of drug-likeness (QED) is 0.611. The lowest BCUT2D eigenvalue weighted by atomic mass is 10.5. The molecule has 0 aliphatic carbocycles. The van der Waals surface area contributed by atoms with Crippen LogP contribution in [0.1, 0.15) is 0 Å². The summed E-state index contributed by atoms with van der Waals surface area (Å²) in [4.78, 5) is 10.0. The number of hydrogen-bond acceptors (Lipinski definition) is 4. The van der Waals surface area contributed by atoms with E-state index >= 15 is 0 Å². The Morgan fingerprint density at radius 3 is 3.07 bits per heavy atom. The van der Waals surface area contributed by atoms with Crippen molar-refractivity contribution in [3.8, 4) is 0 Å². The molecule has 0 fully saturated rings. The summed E-state index contributed by atoms with van der Waals surface area (Å²) >= 11 is 5.51. The fourth-order valence-corrected chi connectivity index (χ4v) is 0.982. The van der Waals surface area contributed by atoms with Crippen molar-refractivity contribution in [2.45, 2.75) is 0 Å². The predicted molar refractivity (Wildman–Crippen MR) is 53.3 cm³/mol. The molecule has 1 heterocycles. The molecule has 0 aliphatic rings. The average molecular weight is 217 g/mol. The highest BCUT2D eigenvalue weighted by Crippen LogP contribution is 2.21. The molecular weight excluding hydrogens is 208 g/mol. The Bertz CT molecular complexity index is 374.